The molecule has 9 rings (SSSR count). The largest absolute Gasteiger partial charge is 1.00 e. The number of benzene rings is 2. The molecular formula is C50H60ClF2N12O2Os. The molecule has 6 heterocycles. The van der Waals surface area contributed by atoms with Gasteiger partial charge < -0.3 is 25.3 Å². The molecule has 0 bridgehead atoms. The van der Waals surface area contributed by atoms with E-state index in [1.165, 1.54) is 0 Å². The first-order valence-electron chi connectivity index (χ1n) is 23.1. The fourth-order valence-corrected chi connectivity index (χ4v) is 11.2. The van der Waals surface area contributed by atoms with E-state index in [9.17, 15) is 23.8 Å². The van der Waals surface area contributed by atoms with Crippen LogP contribution in [0.2, 0.25) is 5.02 Å². The maximum Gasteiger partial charge on any atom is 1.00 e. The second-order valence-electron chi connectivity index (χ2n) is 19.9. The normalized spacial score (nSPS) is 19.4. The van der Waals surface area contributed by atoms with E-state index in [1.807, 2.05) is 17.0 Å². The van der Waals surface area contributed by atoms with Crippen molar-refractivity contribution < 1.29 is 38.2 Å². The van der Waals surface area contributed by atoms with Gasteiger partial charge in [-0.05, 0) is 71.8 Å². The topological polar surface area (TPSA) is 162 Å². The third kappa shape index (κ3) is 10.8. The smallest absolute Gasteiger partial charge is 0.383 e. The predicted octanol–water partition coefficient (Wildman–Crippen LogP) is 7.56. The summed E-state index contributed by atoms with van der Waals surface area (Å²) < 4.78 is 30.7. The molecule has 5 aliphatic rings. The fraction of sp³-hybridized carbons (Fsp3) is 0.500. The number of likely N-dealkylation sites (tertiary alicyclic amines) is 1. The van der Waals surface area contributed by atoms with Crippen LogP contribution in [-0.4, -0.2) is 111 Å². The number of nitrogens with zero attached hydrogens (tertiary/aromatic N) is 9. The van der Waals surface area contributed by atoms with E-state index in [1.54, 1.807) is 72.6 Å². The molecule has 4 aromatic rings. The zero-order chi connectivity index (χ0) is 47.8. The summed E-state index contributed by atoms with van der Waals surface area (Å²) in [5.41, 5.74) is 5.42. The van der Waals surface area contributed by atoms with Crippen LogP contribution in [-0.2, 0) is 38.1 Å². The van der Waals surface area contributed by atoms with Gasteiger partial charge in [0.2, 0.25) is 11.9 Å². The van der Waals surface area contributed by atoms with Crippen LogP contribution in [0.1, 0.15) is 100 Å². The average Bonchev–Trinajstić information content (AvgIpc) is 3.74. The number of hydrogen-bond donors (Lipinski definition) is 3. The Bertz CT molecular complexity index is 2570. The van der Waals surface area contributed by atoms with Crippen molar-refractivity contribution in [1.29, 1.82) is 10.7 Å². The van der Waals surface area contributed by atoms with Gasteiger partial charge in [-0.3, -0.25) is 24.6 Å². The summed E-state index contributed by atoms with van der Waals surface area (Å²) in [6, 6.07) is 13.7. The van der Waals surface area contributed by atoms with Crippen molar-refractivity contribution in [1.82, 2.24) is 40.2 Å². The van der Waals surface area contributed by atoms with Gasteiger partial charge in [0.05, 0.1) is 30.4 Å². The van der Waals surface area contributed by atoms with E-state index in [0.717, 1.165) is 75.1 Å². The van der Waals surface area contributed by atoms with Gasteiger partial charge >= 0.3 is 19.8 Å². The Labute approximate surface area is 416 Å². The molecule has 0 unspecified atom stereocenters. The number of rotatable bonds is 9. The number of anilines is 2. The summed E-state index contributed by atoms with van der Waals surface area (Å²) in [6.07, 6.45) is 9.09. The number of fused-ring (bicyclic) bond motifs is 1. The summed E-state index contributed by atoms with van der Waals surface area (Å²) in [7, 11) is 1.77. The molecule has 2 amide bonds. The Hall–Kier alpha value is -5.28. The standard InChI is InChI=1S/C43H57F2N11O2.C7H3ClN.Os/c1-26(57)54-15-11-35(34(24-54)38(46)56-12-7-8-27-16-32(29-20-49-52(6)21-29)33(37(44)45)17-36(27)56)50-30-22-55(23-30)31-9-13-53(14-10-31)41-47-18-28(19-48-41)39(58)51-40-42(2,3)25-43(40,4)5;8-7-4-2-1-3-6(7)5-9;/h16-21,30-31,37,40,46,50H,7-15,22-25H2,1-6H3,(H,51,58);1,3-4H;/q;-1;+1. The van der Waals surface area contributed by atoms with Crippen molar-refractivity contribution in [2.45, 2.75) is 97.7 Å². The van der Waals surface area contributed by atoms with Gasteiger partial charge in [-0.2, -0.15) is 46.2 Å². The SMILES string of the molecule is CC(=O)N1CCC(NC2CN(C3CCN(c4ncc(C(=O)NC5C(C)(C)CC5(C)C)cn4)CC3)C2)=C(C(=N)N2CCCc3cc(-c4cnn(C)c4)c(C(F)F)cc32)C1.N#Cc1cc[c-]cc1Cl.[Os+]. The van der Waals surface area contributed by atoms with E-state index < -0.39 is 6.43 Å². The molecule has 0 atom stereocenters. The third-order valence-corrected chi connectivity index (χ3v) is 14.4. The summed E-state index contributed by atoms with van der Waals surface area (Å²) >= 11 is 5.57. The van der Waals surface area contributed by atoms with E-state index in [2.05, 4.69) is 69.3 Å². The van der Waals surface area contributed by atoms with Gasteiger partial charge in [0.1, 0.15) is 5.84 Å². The molecule has 68 heavy (non-hydrogen) atoms. The quantitative estimate of drug-likeness (QED) is 0.0867. The molecule has 361 valence electrons. The van der Waals surface area contributed by atoms with Crippen molar-refractivity contribution in [2.24, 2.45) is 17.9 Å². The molecule has 3 fully saturated rings. The van der Waals surface area contributed by atoms with Gasteiger partial charge in [0.15, 0.2) is 0 Å². The number of aromatic nitrogens is 4. The second-order valence-corrected chi connectivity index (χ2v) is 20.3. The van der Waals surface area contributed by atoms with E-state index in [0.29, 0.717) is 71.0 Å². The molecule has 1 saturated carbocycles. The third-order valence-electron chi connectivity index (χ3n) is 14.1. The van der Waals surface area contributed by atoms with Gasteiger partial charge in [-0.25, -0.2) is 18.7 Å². The summed E-state index contributed by atoms with van der Waals surface area (Å²) in [5.74, 6) is 0.735. The average molecular weight is 1120 g/mol. The molecular weight excluding hydrogens is 1060 g/mol. The summed E-state index contributed by atoms with van der Waals surface area (Å²) in [4.78, 5) is 43.1. The Morgan fingerprint density at radius 3 is 2.32 bits per heavy atom. The number of alkyl halides is 2. The van der Waals surface area contributed by atoms with Crippen LogP contribution in [0.5, 0.6) is 0 Å². The van der Waals surface area contributed by atoms with Crippen molar-refractivity contribution in [3.05, 3.63) is 99.7 Å². The van der Waals surface area contributed by atoms with Crippen LogP contribution >= 0.6 is 11.6 Å². The van der Waals surface area contributed by atoms with Crippen LogP contribution in [0.3, 0.4) is 0 Å². The van der Waals surface area contributed by atoms with Crippen molar-refractivity contribution in [2.75, 3.05) is 55.6 Å². The first kappa shape index (κ1) is 50.6. The van der Waals surface area contributed by atoms with Gasteiger partial charge in [-0.15, -0.1) is 0 Å². The van der Waals surface area contributed by atoms with E-state index in [4.69, 9.17) is 16.9 Å². The number of amidine groups is 1. The molecule has 2 aromatic carbocycles. The Morgan fingerprint density at radius 1 is 1.03 bits per heavy atom. The number of carbonyl (C=O) groups is 2. The molecule has 2 aromatic heterocycles. The number of carbonyl (C=O) groups excluding carboxylic acids is 2. The summed E-state index contributed by atoms with van der Waals surface area (Å²) in [5, 5.41) is 29.5. The Balaban J connectivity index is 0.000000615. The number of halogens is 3. The molecule has 4 aliphatic heterocycles. The van der Waals surface area contributed by atoms with Gasteiger partial charge in [0.25, 0.3) is 12.3 Å². The number of hydrogen-bond acceptors (Lipinski definition) is 10. The van der Waals surface area contributed by atoms with Crippen molar-refractivity contribution in [3.8, 4) is 17.2 Å². The zero-order valence-corrected chi connectivity index (χ0v) is 42.8. The number of piperidine rings is 1. The molecule has 18 heteroatoms. The molecule has 2 saturated heterocycles. The minimum Gasteiger partial charge on any atom is -0.383 e. The van der Waals surface area contributed by atoms with Crippen LogP contribution in [0.15, 0.2) is 66.4 Å². The minimum absolute atomic E-state index is 0. The molecule has 1 aliphatic carbocycles. The van der Waals surface area contributed by atoms with Crippen molar-refractivity contribution in [3.63, 3.8) is 0 Å². The number of amides is 2. The van der Waals surface area contributed by atoms with Crippen LogP contribution < -0.4 is 20.4 Å². The minimum atomic E-state index is -2.69. The number of aryl methyl sites for hydroxylation is 2. The summed E-state index contributed by atoms with van der Waals surface area (Å²) in [6.45, 7) is 15.1. The van der Waals surface area contributed by atoms with Crippen molar-refractivity contribution >= 4 is 40.9 Å². The molecule has 1 radical (unpaired) electrons. The first-order valence-corrected chi connectivity index (χ1v) is 23.5. The van der Waals surface area contributed by atoms with Crippen LogP contribution in [0.4, 0.5) is 20.4 Å². The zero-order valence-electron chi connectivity index (χ0n) is 39.5. The number of nitriles is 1. The molecule has 0 spiro atoms. The van der Waals surface area contributed by atoms with Gasteiger partial charge in [0, 0.05) is 118 Å². The maximum absolute atomic E-state index is 14.6. The molecule has 14 nitrogen and oxygen atoms in total. The Kier molecular flexibility index (Phi) is 15.4. The van der Waals surface area contributed by atoms with Crippen LogP contribution in [0.25, 0.3) is 11.1 Å². The second kappa shape index (κ2) is 20.7. The van der Waals surface area contributed by atoms with E-state index in [-0.39, 0.29) is 65.9 Å². The Morgan fingerprint density at radius 2 is 1.74 bits per heavy atom. The first-order chi connectivity index (χ1) is 31.9. The van der Waals surface area contributed by atoms with Gasteiger partial charge in [-0.1, -0.05) is 32.7 Å². The van der Waals surface area contributed by atoms with E-state index >= 15 is 0 Å². The molecule has 3 N–H and O–H groups in total. The van der Waals surface area contributed by atoms with Crippen LogP contribution in [0, 0.1) is 33.6 Å². The monoisotopic (exact) mass is 1130 g/mol. The number of nitrogens with one attached hydrogen (secondary N) is 3. The maximum atomic E-state index is 14.6. The fourth-order valence-electron chi connectivity index (χ4n) is 11.0. The predicted molar refractivity (Wildman–Crippen MR) is 255 cm³/mol.